The Morgan fingerprint density at radius 1 is 1.42 bits per heavy atom. The molecule has 0 bridgehead atoms. The molecule has 2 amide bonds. The van der Waals surface area contributed by atoms with Crippen molar-refractivity contribution in [3.63, 3.8) is 0 Å². The van der Waals surface area contributed by atoms with E-state index in [4.69, 9.17) is 9.47 Å². The largest absolute Gasteiger partial charge is 0.497 e. The van der Waals surface area contributed by atoms with Gasteiger partial charge in [-0.15, -0.1) is 0 Å². The van der Waals surface area contributed by atoms with Crippen molar-refractivity contribution >= 4 is 17.7 Å². The first-order chi connectivity index (χ1) is 11.2. The van der Waals surface area contributed by atoms with Gasteiger partial charge in [0, 0.05) is 24.7 Å². The first kappa shape index (κ1) is 18.1. The maximum Gasteiger partial charge on any atom is 0.412 e. The monoisotopic (exact) mass is 336 g/mol. The minimum Gasteiger partial charge on any atom is -0.497 e. The average Bonchev–Trinajstić information content (AvgIpc) is 2.71. The topological polar surface area (TPSA) is 88.1 Å². The van der Waals surface area contributed by atoms with Crippen LogP contribution in [0.25, 0.3) is 0 Å². The van der Waals surface area contributed by atoms with E-state index in [2.05, 4.69) is 5.32 Å². The number of hydrogen-bond acceptors (Lipinski definition) is 5. The van der Waals surface area contributed by atoms with Crippen LogP contribution in [0.15, 0.2) is 24.3 Å². The molecule has 1 aromatic rings. The number of nitrogens with zero attached hydrogens (tertiary/aromatic N) is 1. The minimum absolute atomic E-state index is 0.0439. The van der Waals surface area contributed by atoms with Crippen molar-refractivity contribution < 1.29 is 24.2 Å². The summed E-state index contributed by atoms with van der Waals surface area (Å²) in [6.45, 7) is 5.11. The van der Waals surface area contributed by atoms with Gasteiger partial charge in [-0.05, 0) is 32.4 Å². The summed E-state index contributed by atoms with van der Waals surface area (Å²) in [4.78, 5) is 25.3. The van der Waals surface area contributed by atoms with Crippen LogP contribution in [0.5, 0.6) is 5.75 Å². The number of rotatable bonds is 6. The highest BCUT2D eigenvalue weighted by Gasteiger charge is 2.58. The second kappa shape index (κ2) is 6.68. The van der Waals surface area contributed by atoms with Gasteiger partial charge in [0.2, 0.25) is 5.91 Å². The Kier molecular flexibility index (Phi) is 5.03. The number of ether oxygens (including phenoxy) is 2. The fourth-order valence-corrected chi connectivity index (χ4v) is 2.66. The second-order valence-corrected chi connectivity index (χ2v) is 6.15. The van der Waals surface area contributed by atoms with Crippen molar-refractivity contribution in [2.75, 3.05) is 19.0 Å². The number of nitrogens with one attached hydrogen (secondary N) is 1. The van der Waals surface area contributed by atoms with Crippen molar-refractivity contribution in [2.24, 2.45) is 0 Å². The van der Waals surface area contributed by atoms with E-state index >= 15 is 0 Å². The van der Waals surface area contributed by atoms with E-state index in [0.29, 0.717) is 17.9 Å². The first-order valence-electron chi connectivity index (χ1n) is 7.90. The van der Waals surface area contributed by atoms with Crippen molar-refractivity contribution in [1.82, 2.24) is 4.90 Å². The summed E-state index contributed by atoms with van der Waals surface area (Å²) >= 11 is 0. The summed E-state index contributed by atoms with van der Waals surface area (Å²) < 4.78 is 10.4. The molecule has 2 rings (SSSR count). The molecule has 0 radical (unpaired) electrons. The van der Waals surface area contributed by atoms with Crippen LogP contribution in [0.2, 0.25) is 0 Å². The Morgan fingerprint density at radius 3 is 2.71 bits per heavy atom. The summed E-state index contributed by atoms with van der Waals surface area (Å²) in [5.74, 6) is 0.370. The van der Waals surface area contributed by atoms with Crippen LogP contribution in [-0.4, -0.2) is 47.0 Å². The maximum atomic E-state index is 12.1. The number of methoxy groups -OCH3 is 1. The SMILES string of the molecule is CC[C@@]1(C)OC(=O)N(CCC(=O)Nc2cccc(OC)c2)[C@@]1(C)O. The van der Waals surface area contributed by atoms with Crippen LogP contribution in [-0.2, 0) is 9.53 Å². The zero-order valence-corrected chi connectivity index (χ0v) is 14.5. The predicted octanol–water partition coefficient (Wildman–Crippen LogP) is 2.35. The van der Waals surface area contributed by atoms with Crippen LogP contribution >= 0.6 is 0 Å². The molecule has 132 valence electrons. The predicted molar refractivity (Wildman–Crippen MR) is 88.7 cm³/mol. The number of benzene rings is 1. The lowest BCUT2D eigenvalue weighted by atomic mass is 9.91. The third-order valence-corrected chi connectivity index (χ3v) is 4.65. The molecule has 0 aliphatic carbocycles. The molecule has 0 saturated carbocycles. The molecule has 1 aliphatic rings. The third-order valence-electron chi connectivity index (χ3n) is 4.65. The number of carbonyl (C=O) groups excluding carboxylic acids is 2. The first-order valence-corrected chi connectivity index (χ1v) is 7.90. The fraction of sp³-hybridized carbons (Fsp3) is 0.529. The summed E-state index contributed by atoms with van der Waals surface area (Å²) in [7, 11) is 1.55. The molecule has 7 nitrogen and oxygen atoms in total. The van der Waals surface area contributed by atoms with Gasteiger partial charge < -0.3 is 19.9 Å². The average molecular weight is 336 g/mol. The van der Waals surface area contributed by atoms with Crippen molar-refractivity contribution in [1.29, 1.82) is 0 Å². The number of carbonyl (C=O) groups is 2. The van der Waals surface area contributed by atoms with Crippen LogP contribution in [0.3, 0.4) is 0 Å². The van der Waals surface area contributed by atoms with E-state index in [-0.39, 0.29) is 18.9 Å². The minimum atomic E-state index is -1.46. The van der Waals surface area contributed by atoms with E-state index < -0.39 is 17.4 Å². The Balaban J connectivity index is 1.97. The summed E-state index contributed by atoms with van der Waals surface area (Å²) in [5.41, 5.74) is -1.85. The van der Waals surface area contributed by atoms with Gasteiger partial charge in [0.1, 0.15) is 5.75 Å². The van der Waals surface area contributed by atoms with E-state index in [1.165, 1.54) is 11.8 Å². The summed E-state index contributed by atoms with van der Waals surface area (Å²) in [6, 6.07) is 6.99. The molecule has 0 unspecified atom stereocenters. The number of aliphatic hydroxyl groups is 1. The molecular formula is C17H24N2O5. The van der Waals surface area contributed by atoms with Gasteiger partial charge in [-0.1, -0.05) is 13.0 Å². The second-order valence-electron chi connectivity index (χ2n) is 6.15. The molecule has 1 heterocycles. The van der Waals surface area contributed by atoms with E-state index in [0.717, 1.165) is 0 Å². The van der Waals surface area contributed by atoms with Crippen molar-refractivity contribution in [3.05, 3.63) is 24.3 Å². The molecular weight excluding hydrogens is 312 g/mol. The van der Waals surface area contributed by atoms with Crippen LogP contribution in [0.1, 0.15) is 33.6 Å². The van der Waals surface area contributed by atoms with Crippen LogP contribution in [0.4, 0.5) is 10.5 Å². The molecule has 2 N–H and O–H groups in total. The highest BCUT2D eigenvalue weighted by Crippen LogP contribution is 2.39. The molecule has 1 fully saturated rings. The van der Waals surface area contributed by atoms with E-state index in [1.54, 1.807) is 38.3 Å². The zero-order valence-electron chi connectivity index (χ0n) is 14.5. The van der Waals surface area contributed by atoms with Gasteiger partial charge in [0.05, 0.1) is 7.11 Å². The maximum absolute atomic E-state index is 12.1. The normalized spacial score (nSPS) is 26.2. The lowest BCUT2D eigenvalue weighted by Gasteiger charge is -2.36. The molecule has 0 aromatic heterocycles. The van der Waals surface area contributed by atoms with Gasteiger partial charge in [-0.3, -0.25) is 9.69 Å². The Hall–Kier alpha value is -2.28. The van der Waals surface area contributed by atoms with E-state index in [9.17, 15) is 14.7 Å². The van der Waals surface area contributed by atoms with Crippen LogP contribution < -0.4 is 10.1 Å². The Bertz CT molecular complexity index is 631. The standard InChI is InChI=1S/C17H24N2O5/c1-5-16(2)17(3,22)19(15(21)24-16)10-9-14(20)18-12-7-6-8-13(11-12)23-4/h6-8,11,22H,5,9-10H2,1-4H3,(H,18,20)/t16-,17+/m1/s1. The lowest BCUT2D eigenvalue weighted by Crippen LogP contribution is -2.55. The van der Waals surface area contributed by atoms with Crippen LogP contribution in [0, 0.1) is 0 Å². The highest BCUT2D eigenvalue weighted by molar-refractivity contribution is 5.91. The third kappa shape index (κ3) is 3.31. The van der Waals surface area contributed by atoms with Crippen molar-refractivity contribution in [2.45, 2.75) is 44.9 Å². The highest BCUT2D eigenvalue weighted by atomic mass is 16.6. The van der Waals surface area contributed by atoms with Gasteiger partial charge in [-0.2, -0.15) is 0 Å². The molecule has 2 atom stereocenters. The summed E-state index contributed by atoms with van der Waals surface area (Å²) in [5, 5.41) is 13.4. The van der Waals surface area contributed by atoms with Gasteiger partial charge >= 0.3 is 6.09 Å². The summed E-state index contributed by atoms with van der Waals surface area (Å²) in [6.07, 6.45) is -0.0981. The Morgan fingerprint density at radius 2 is 2.12 bits per heavy atom. The molecule has 0 spiro atoms. The zero-order chi connectivity index (χ0) is 18.0. The molecule has 7 heteroatoms. The van der Waals surface area contributed by atoms with Crippen molar-refractivity contribution in [3.8, 4) is 5.75 Å². The number of hydrogen-bond donors (Lipinski definition) is 2. The fourth-order valence-electron chi connectivity index (χ4n) is 2.66. The number of anilines is 1. The van der Waals surface area contributed by atoms with Gasteiger partial charge in [0.15, 0.2) is 11.3 Å². The number of cyclic esters (lactones) is 1. The van der Waals surface area contributed by atoms with E-state index in [1.807, 2.05) is 6.92 Å². The number of amides is 2. The lowest BCUT2D eigenvalue weighted by molar-refractivity contribution is -0.139. The molecule has 1 saturated heterocycles. The molecule has 24 heavy (non-hydrogen) atoms. The van der Waals surface area contributed by atoms with Gasteiger partial charge in [-0.25, -0.2) is 4.79 Å². The molecule has 1 aromatic carbocycles. The Labute approximate surface area is 141 Å². The quantitative estimate of drug-likeness (QED) is 0.832. The molecule has 1 aliphatic heterocycles. The van der Waals surface area contributed by atoms with Gasteiger partial charge in [0.25, 0.3) is 0 Å². The smallest absolute Gasteiger partial charge is 0.412 e.